The normalized spacial score (nSPS) is 19.1. The van der Waals surface area contributed by atoms with Crippen LogP contribution in [0.2, 0.25) is 0 Å². The Bertz CT molecular complexity index is 717. The second-order valence-corrected chi connectivity index (χ2v) is 7.14. The highest BCUT2D eigenvalue weighted by atomic mass is 19.4. The Morgan fingerprint density at radius 1 is 1.20 bits per heavy atom. The summed E-state index contributed by atoms with van der Waals surface area (Å²) in [5.41, 5.74) is 1.49. The van der Waals surface area contributed by atoms with Gasteiger partial charge in [0.15, 0.2) is 0 Å². The summed E-state index contributed by atoms with van der Waals surface area (Å²) in [7, 11) is 0. The Hall–Kier alpha value is -1.82. The van der Waals surface area contributed by atoms with Crippen molar-refractivity contribution in [3.05, 3.63) is 53.1 Å². The van der Waals surface area contributed by atoms with Gasteiger partial charge < -0.3 is 4.57 Å². The quantitative estimate of drug-likeness (QED) is 0.790. The van der Waals surface area contributed by atoms with Crippen LogP contribution in [0.1, 0.15) is 54.9 Å². The van der Waals surface area contributed by atoms with E-state index in [1.807, 2.05) is 6.20 Å². The van der Waals surface area contributed by atoms with Crippen molar-refractivity contribution in [2.75, 3.05) is 13.1 Å². The SMILES string of the molecule is Cc1cnc(C2CCN(Cc3ccc(C(F)(F)F)cc3)C2)n1C(C)C. The lowest BCUT2D eigenvalue weighted by Gasteiger charge is -2.19. The Balaban J connectivity index is 1.66. The number of alkyl halides is 3. The highest BCUT2D eigenvalue weighted by molar-refractivity contribution is 5.24. The smallest absolute Gasteiger partial charge is 0.330 e. The molecule has 2 aromatic rings. The third kappa shape index (κ3) is 3.89. The second kappa shape index (κ2) is 6.83. The number of benzene rings is 1. The van der Waals surface area contributed by atoms with Crippen molar-refractivity contribution >= 4 is 0 Å². The molecule has 1 saturated heterocycles. The molecule has 0 aliphatic carbocycles. The van der Waals surface area contributed by atoms with Gasteiger partial charge in [-0.1, -0.05) is 12.1 Å². The molecule has 3 nitrogen and oxygen atoms in total. The fourth-order valence-corrected chi connectivity index (χ4v) is 3.68. The van der Waals surface area contributed by atoms with Crippen molar-refractivity contribution < 1.29 is 13.2 Å². The monoisotopic (exact) mass is 351 g/mol. The first-order chi connectivity index (χ1) is 11.8. The zero-order valence-corrected chi connectivity index (χ0v) is 14.8. The molecule has 1 atom stereocenters. The van der Waals surface area contributed by atoms with Crippen LogP contribution in [0.4, 0.5) is 13.2 Å². The van der Waals surface area contributed by atoms with Crippen LogP contribution in [0, 0.1) is 6.92 Å². The van der Waals surface area contributed by atoms with Crippen molar-refractivity contribution in [1.29, 1.82) is 0 Å². The summed E-state index contributed by atoms with van der Waals surface area (Å²) in [6, 6.07) is 5.86. The molecule has 1 aliphatic rings. The molecule has 2 heterocycles. The maximum absolute atomic E-state index is 12.6. The summed E-state index contributed by atoms with van der Waals surface area (Å²) in [4.78, 5) is 6.90. The molecule has 1 unspecified atom stereocenters. The predicted molar refractivity (Wildman–Crippen MR) is 91.4 cm³/mol. The van der Waals surface area contributed by atoms with Crippen LogP contribution in [-0.4, -0.2) is 27.5 Å². The summed E-state index contributed by atoms with van der Waals surface area (Å²) in [5, 5.41) is 0. The molecule has 136 valence electrons. The number of imidazole rings is 1. The van der Waals surface area contributed by atoms with Gasteiger partial charge in [-0.15, -0.1) is 0 Å². The van der Waals surface area contributed by atoms with Crippen LogP contribution in [0.25, 0.3) is 0 Å². The standard InChI is InChI=1S/C19H24F3N3/c1-13(2)25-14(3)10-23-18(25)16-8-9-24(12-16)11-15-4-6-17(7-5-15)19(20,21)22/h4-7,10,13,16H,8-9,11-12H2,1-3H3. The van der Waals surface area contributed by atoms with E-state index in [-0.39, 0.29) is 0 Å². The molecule has 0 N–H and O–H groups in total. The Morgan fingerprint density at radius 3 is 2.48 bits per heavy atom. The van der Waals surface area contributed by atoms with Crippen LogP contribution in [0.3, 0.4) is 0 Å². The molecule has 1 aliphatic heterocycles. The van der Waals surface area contributed by atoms with Crippen LogP contribution in [0.5, 0.6) is 0 Å². The number of rotatable bonds is 4. The van der Waals surface area contributed by atoms with E-state index in [2.05, 4.69) is 35.2 Å². The first-order valence-electron chi connectivity index (χ1n) is 8.68. The molecular formula is C19H24F3N3. The molecule has 0 saturated carbocycles. The van der Waals surface area contributed by atoms with Crippen molar-refractivity contribution in [3.63, 3.8) is 0 Å². The second-order valence-electron chi connectivity index (χ2n) is 7.14. The van der Waals surface area contributed by atoms with Crippen molar-refractivity contribution in [3.8, 4) is 0 Å². The largest absolute Gasteiger partial charge is 0.416 e. The van der Waals surface area contributed by atoms with E-state index >= 15 is 0 Å². The maximum atomic E-state index is 12.6. The summed E-state index contributed by atoms with van der Waals surface area (Å²) >= 11 is 0. The number of hydrogen-bond donors (Lipinski definition) is 0. The Morgan fingerprint density at radius 2 is 1.88 bits per heavy atom. The Kier molecular flexibility index (Phi) is 4.91. The highest BCUT2D eigenvalue weighted by Crippen LogP contribution is 2.31. The molecule has 3 rings (SSSR count). The van der Waals surface area contributed by atoms with E-state index in [1.54, 1.807) is 12.1 Å². The van der Waals surface area contributed by atoms with Crippen molar-refractivity contribution in [1.82, 2.24) is 14.5 Å². The van der Waals surface area contributed by atoms with E-state index < -0.39 is 11.7 Å². The van der Waals surface area contributed by atoms with Gasteiger partial charge in [0.25, 0.3) is 0 Å². The fourth-order valence-electron chi connectivity index (χ4n) is 3.68. The van der Waals surface area contributed by atoms with Crippen LogP contribution in [0.15, 0.2) is 30.5 Å². The molecule has 0 spiro atoms. The molecule has 25 heavy (non-hydrogen) atoms. The summed E-state index contributed by atoms with van der Waals surface area (Å²) in [5.74, 6) is 1.51. The van der Waals surface area contributed by atoms with E-state index in [1.165, 1.54) is 5.69 Å². The fraction of sp³-hybridized carbons (Fsp3) is 0.526. The van der Waals surface area contributed by atoms with Crippen LogP contribution < -0.4 is 0 Å². The zero-order chi connectivity index (χ0) is 18.2. The molecule has 0 amide bonds. The first kappa shape index (κ1) is 18.0. The van der Waals surface area contributed by atoms with Gasteiger partial charge >= 0.3 is 6.18 Å². The molecule has 1 aromatic carbocycles. The van der Waals surface area contributed by atoms with Gasteiger partial charge in [0.2, 0.25) is 0 Å². The Labute approximate surface area is 146 Å². The van der Waals surface area contributed by atoms with Gasteiger partial charge in [0.1, 0.15) is 5.82 Å². The molecule has 0 radical (unpaired) electrons. The van der Waals surface area contributed by atoms with E-state index in [4.69, 9.17) is 0 Å². The van der Waals surface area contributed by atoms with Crippen LogP contribution >= 0.6 is 0 Å². The molecule has 1 aromatic heterocycles. The number of hydrogen-bond acceptors (Lipinski definition) is 2. The van der Waals surface area contributed by atoms with Crippen LogP contribution in [-0.2, 0) is 12.7 Å². The first-order valence-corrected chi connectivity index (χ1v) is 8.68. The van der Waals surface area contributed by atoms with Gasteiger partial charge in [0.05, 0.1) is 5.56 Å². The van der Waals surface area contributed by atoms with Crippen molar-refractivity contribution in [2.45, 2.75) is 51.9 Å². The average Bonchev–Trinajstić information content (AvgIpc) is 3.13. The number of aryl methyl sites for hydroxylation is 1. The summed E-state index contributed by atoms with van der Waals surface area (Å²) in [6.07, 6.45) is -1.32. The lowest BCUT2D eigenvalue weighted by atomic mass is 10.1. The van der Waals surface area contributed by atoms with Gasteiger partial charge in [-0.25, -0.2) is 4.98 Å². The third-order valence-electron chi connectivity index (χ3n) is 4.85. The number of aromatic nitrogens is 2. The minimum absolute atomic E-state index is 0.376. The zero-order valence-electron chi connectivity index (χ0n) is 14.8. The maximum Gasteiger partial charge on any atom is 0.416 e. The highest BCUT2D eigenvalue weighted by Gasteiger charge is 2.31. The van der Waals surface area contributed by atoms with Gasteiger partial charge in [0, 0.05) is 36.9 Å². The van der Waals surface area contributed by atoms with Gasteiger partial charge in [-0.3, -0.25) is 4.90 Å². The number of halogens is 3. The minimum Gasteiger partial charge on any atom is -0.330 e. The number of nitrogens with zero attached hydrogens (tertiary/aromatic N) is 3. The summed E-state index contributed by atoms with van der Waals surface area (Å²) in [6.45, 7) is 8.90. The molecular weight excluding hydrogens is 327 g/mol. The molecule has 6 heteroatoms. The van der Waals surface area contributed by atoms with Gasteiger partial charge in [-0.05, 0) is 51.4 Å². The predicted octanol–water partition coefficient (Wildman–Crippen LogP) is 4.78. The van der Waals surface area contributed by atoms with E-state index in [9.17, 15) is 13.2 Å². The molecule has 0 bridgehead atoms. The lowest BCUT2D eigenvalue weighted by Crippen LogP contribution is -2.21. The number of likely N-dealkylation sites (tertiary alicyclic amines) is 1. The van der Waals surface area contributed by atoms with E-state index in [0.29, 0.717) is 18.5 Å². The van der Waals surface area contributed by atoms with Gasteiger partial charge in [-0.2, -0.15) is 13.2 Å². The third-order valence-corrected chi connectivity index (χ3v) is 4.85. The topological polar surface area (TPSA) is 21.1 Å². The average molecular weight is 351 g/mol. The van der Waals surface area contributed by atoms with E-state index in [0.717, 1.165) is 43.0 Å². The minimum atomic E-state index is -4.27. The van der Waals surface area contributed by atoms with Crippen molar-refractivity contribution in [2.24, 2.45) is 0 Å². The lowest BCUT2D eigenvalue weighted by molar-refractivity contribution is -0.137. The summed E-state index contributed by atoms with van der Waals surface area (Å²) < 4.78 is 40.2. The molecule has 1 fully saturated rings.